The Balaban J connectivity index is 1.30. The summed E-state index contributed by atoms with van der Waals surface area (Å²) in [5.41, 5.74) is 2.89. The summed E-state index contributed by atoms with van der Waals surface area (Å²) >= 11 is 0. The predicted molar refractivity (Wildman–Crippen MR) is 149 cm³/mol. The third kappa shape index (κ3) is 6.76. The van der Waals surface area contributed by atoms with E-state index in [0.717, 1.165) is 17.1 Å². The van der Waals surface area contributed by atoms with E-state index in [0.29, 0.717) is 61.3 Å². The van der Waals surface area contributed by atoms with Gasteiger partial charge in [-0.3, -0.25) is 9.59 Å². The van der Waals surface area contributed by atoms with Crippen molar-refractivity contribution in [1.29, 1.82) is 0 Å². The molecule has 0 atom stereocenters. The lowest BCUT2D eigenvalue weighted by Crippen LogP contribution is -2.48. The Morgan fingerprint density at radius 3 is 1.95 bits per heavy atom. The van der Waals surface area contributed by atoms with Crippen LogP contribution in [0.4, 0.5) is 11.4 Å². The van der Waals surface area contributed by atoms with Gasteiger partial charge in [-0.25, -0.2) is 0 Å². The molecule has 2 amide bonds. The van der Waals surface area contributed by atoms with Crippen molar-refractivity contribution < 1.29 is 23.8 Å². The number of carbonyl (C=O) groups excluding carboxylic acids is 2. The monoisotopic (exact) mass is 517 g/mol. The largest absolute Gasteiger partial charge is 0.497 e. The van der Waals surface area contributed by atoms with E-state index >= 15 is 0 Å². The van der Waals surface area contributed by atoms with Gasteiger partial charge in [0.2, 0.25) is 0 Å². The van der Waals surface area contributed by atoms with Crippen LogP contribution in [0, 0.1) is 5.92 Å². The summed E-state index contributed by atoms with van der Waals surface area (Å²) in [6.07, 6.45) is 0. The summed E-state index contributed by atoms with van der Waals surface area (Å²) < 4.78 is 16.3. The Bertz CT molecular complexity index is 1210. The van der Waals surface area contributed by atoms with Crippen LogP contribution in [0.3, 0.4) is 0 Å². The fourth-order valence-corrected chi connectivity index (χ4v) is 4.21. The van der Waals surface area contributed by atoms with E-state index in [-0.39, 0.29) is 11.8 Å². The first-order valence-electron chi connectivity index (χ1n) is 12.8. The van der Waals surface area contributed by atoms with Crippen LogP contribution in [0.5, 0.6) is 17.2 Å². The average molecular weight is 518 g/mol. The number of rotatable bonds is 9. The summed E-state index contributed by atoms with van der Waals surface area (Å²) in [5, 5.41) is 2.95. The molecule has 1 heterocycles. The Hall–Kier alpha value is -4.20. The maximum Gasteiger partial charge on any atom is 0.255 e. The molecule has 0 aliphatic carbocycles. The van der Waals surface area contributed by atoms with Crippen molar-refractivity contribution in [2.45, 2.75) is 13.8 Å². The number of anilines is 2. The van der Waals surface area contributed by atoms with Crippen LogP contribution in [-0.2, 0) is 0 Å². The number of ether oxygens (including phenoxy) is 3. The lowest BCUT2D eigenvalue weighted by atomic mass is 10.1. The molecule has 0 radical (unpaired) electrons. The highest BCUT2D eigenvalue weighted by atomic mass is 16.5. The van der Waals surface area contributed by atoms with Crippen molar-refractivity contribution in [3.63, 3.8) is 0 Å². The molecule has 1 fully saturated rings. The van der Waals surface area contributed by atoms with E-state index in [2.05, 4.69) is 24.1 Å². The summed E-state index contributed by atoms with van der Waals surface area (Å²) in [5.74, 6) is 2.16. The maximum atomic E-state index is 13.1. The molecule has 200 valence electrons. The van der Waals surface area contributed by atoms with E-state index < -0.39 is 0 Å². The Morgan fingerprint density at radius 2 is 1.39 bits per heavy atom. The molecule has 1 aliphatic rings. The molecular formula is C30H35N3O5. The van der Waals surface area contributed by atoms with Crippen molar-refractivity contribution in [3.8, 4) is 17.2 Å². The number of nitrogens with one attached hydrogen (secondary N) is 1. The van der Waals surface area contributed by atoms with Gasteiger partial charge >= 0.3 is 0 Å². The minimum atomic E-state index is -0.172. The van der Waals surface area contributed by atoms with Crippen LogP contribution >= 0.6 is 0 Å². The normalized spacial score (nSPS) is 13.3. The van der Waals surface area contributed by atoms with Gasteiger partial charge in [0.05, 0.1) is 20.8 Å². The quantitative estimate of drug-likeness (QED) is 0.433. The van der Waals surface area contributed by atoms with Gasteiger partial charge in [0.1, 0.15) is 17.2 Å². The van der Waals surface area contributed by atoms with Crippen LogP contribution in [0.1, 0.15) is 34.6 Å². The minimum Gasteiger partial charge on any atom is -0.497 e. The molecule has 0 spiro atoms. The lowest BCUT2D eigenvalue weighted by Gasteiger charge is -2.36. The van der Waals surface area contributed by atoms with Crippen molar-refractivity contribution in [1.82, 2.24) is 4.90 Å². The van der Waals surface area contributed by atoms with E-state index in [1.165, 1.54) is 0 Å². The Morgan fingerprint density at radius 1 is 0.789 bits per heavy atom. The van der Waals surface area contributed by atoms with Gasteiger partial charge in [-0.1, -0.05) is 13.8 Å². The van der Waals surface area contributed by atoms with Gasteiger partial charge < -0.3 is 29.3 Å². The molecule has 1 saturated heterocycles. The number of piperazine rings is 1. The lowest BCUT2D eigenvalue weighted by molar-refractivity contribution is 0.0746. The van der Waals surface area contributed by atoms with Gasteiger partial charge in [0.15, 0.2) is 0 Å². The molecule has 4 rings (SSSR count). The molecule has 8 nitrogen and oxygen atoms in total. The third-order valence-corrected chi connectivity index (χ3v) is 6.36. The van der Waals surface area contributed by atoms with Gasteiger partial charge in [0.25, 0.3) is 11.8 Å². The second-order valence-corrected chi connectivity index (χ2v) is 9.61. The molecule has 0 unspecified atom stereocenters. The first-order chi connectivity index (χ1) is 18.4. The van der Waals surface area contributed by atoms with E-state index in [1.54, 1.807) is 44.6 Å². The van der Waals surface area contributed by atoms with Gasteiger partial charge in [-0.15, -0.1) is 0 Å². The molecule has 8 heteroatoms. The highest BCUT2D eigenvalue weighted by molar-refractivity contribution is 6.04. The van der Waals surface area contributed by atoms with Crippen LogP contribution < -0.4 is 24.4 Å². The molecule has 0 aromatic heterocycles. The van der Waals surface area contributed by atoms with Crippen molar-refractivity contribution >= 4 is 23.2 Å². The zero-order chi connectivity index (χ0) is 27.1. The van der Waals surface area contributed by atoms with E-state index in [9.17, 15) is 9.59 Å². The van der Waals surface area contributed by atoms with Gasteiger partial charge in [-0.2, -0.15) is 0 Å². The number of hydrogen-bond donors (Lipinski definition) is 1. The number of methoxy groups -OCH3 is 2. The second kappa shape index (κ2) is 12.4. The fraction of sp³-hybridized carbons (Fsp3) is 0.333. The van der Waals surface area contributed by atoms with Crippen LogP contribution in [-0.4, -0.2) is 63.7 Å². The summed E-state index contributed by atoms with van der Waals surface area (Å²) in [7, 11) is 3.14. The fourth-order valence-electron chi connectivity index (χ4n) is 4.21. The molecular weight excluding hydrogens is 482 g/mol. The van der Waals surface area contributed by atoms with Crippen LogP contribution in [0.2, 0.25) is 0 Å². The second-order valence-electron chi connectivity index (χ2n) is 9.61. The number of nitrogens with zero attached hydrogens (tertiary/aromatic N) is 2. The van der Waals surface area contributed by atoms with E-state index in [1.807, 2.05) is 41.3 Å². The number of benzene rings is 3. The van der Waals surface area contributed by atoms with Crippen LogP contribution in [0.25, 0.3) is 0 Å². The molecule has 0 saturated carbocycles. The molecule has 1 N–H and O–H groups in total. The zero-order valence-electron chi connectivity index (χ0n) is 22.4. The van der Waals surface area contributed by atoms with Crippen molar-refractivity contribution in [2.75, 3.05) is 57.2 Å². The first-order valence-corrected chi connectivity index (χ1v) is 12.8. The Labute approximate surface area is 224 Å². The highest BCUT2D eigenvalue weighted by Crippen LogP contribution is 2.25. The zero-order valence-corrected chi connectivity index (χ0v) is 22.4. The molecule has 3 aromatic rings. The summed E-state index contributed by atoms with van der Waals surface area (Å²) in [6, 6.07) is 20.2. The smallest absolute Gasteiger partial charge is 0.255 e. The molecule has 3 aromatic carbocycles. The van der Waals surface area contributed by atoms with Gasteiger partial charge in [0, 0.05) is 54.7 Å². The molecule has 0 bridgehead atoms. The number of carbonyl (C=O) groups is 2. The molecule has 1 aliphatic heterocycles. The topological polar surface area (TPSA) is 80.3 Å². The third-order valence-electron chi connectivity index (χ3n) is 6.36. The standard InChI is InChI=1S/C30H35N3O5/c1-21(2)20-38-26-11-5-22(6-12-26)29(34)31-24-7-9-25(10-8-24)32-13-15-33(16-14-32)30(35)23-17-27(36-3)19-28(18-23)37-4/h5-12,17-19,21H,13-16,20H2,1-4H3,(H,31,34). The first kappa shape index (κ1) is 26.9. The van der Waals surface area contributed by atoms with E-state index in [4.69, 9.17) is 14.2 Å². The summed E-state index contributed by atoms with van der Waals surface area (Å²) in [4.78, 5) is 29.8. The summed E-state index contributed by atoms with van der Waals surface area (Å²) in [6.45, 7) is 7.46. The van der Waals surface area contributed by atoms with Crippen LogP contribution in [0.15, 0.2) is 66.7 Å². The molecule has 38 heavy (non-hydrogen) atoms. The highest BCUT2D eigenvalue weighted by Gasteiger charge is 2.23. The minimum absolute atomic E-state index is 0.0422. The predicted octanol–water partition coefficient (Wildman–Crippen LogP) is 4.95. The Kier molecular flexibility index (Phi) is 8.73. The number of amides is 2. The average Bonchev–Trinajstić information content (AvgIpc) is 2.96. The maximum absolute atomic E-state index is 13.1. The SMILES string of the molecule is COc1cc(OC)cc(C(=O)N2CCN(c3ccc(NC(=O)c4ccc(OCC(C)C)cc4)cc3)CC2)c1. The van der Waals surface area contributed by atoms with Gasteiger partial charge in [-0.05, 0) is 66.6 Å². The van der Waals surface area contributed by atoms with Crippen molar-refractivity contribution in [3.05, 3.63) is 77.9 Å². The number of hydrogen-bond acceptors (Lipinski definition) is 6. The van der Waals surface area contributed by atoms with Crippen molar-refractivity contribution in [2.24, 2.45) is 5.92 Å².